The lowest BCUT2D eigenvalue weighted by atomic mass is 9.76. The summed E-state index contributed by atoms with van der Waals surface area (Å²) in [5.41, 5.74) is 15.7. The molecule has 1 aliphatic rings. The number of nitrogen functional groups attached to an aromatic ring is 2. The molecule has 0 amide bonds. The average molecular weight is 419 g/mol. The van der Waals surface area contributed by atoms with Gasteiger partial charge in [0, 0.05) is 15.8 Å². The lowest BCUT2D eigenvalue weighted by molar-refractivity contribution is 0.00578. The van der Waals surface area contributed by atoms with E-state index < -0.39 is 0 Å². The van der Waals surface area contributed by atoms with Crippen molar-refractivity contribution >= 4 is 39.9 Å². The van der Waals surface area contributed by atoms with Crippen LogP contribution in [-0.4, -0.2) is 18.3 Å². The summed E-state index contributed by atoms with van der Waals surface area (Å²) in [6, 6.07) is 11.6. The van der Waals surface area contributed by atoms with Crippen molar-refractivity contribution in [2.75, 3.05) is 11.5 Å². The van der Waals surface area contributed by atoms with Gasteiger partial charge in [-0.15, -0.1) is 0 Å². The lowest BCUT2D eigenvalue weighted by Crippen LogP contribution is -2.41. The van der Waals surface area contributed by atoms with E-state index in [2.05, 4.69) is 43.6 Å². The van der Waals surface area contributed by atoms with Crippen molar-refractivity contribution in [2.24, 2.45) is 0 Å². The van der Waals surface area contributed by atoms with Crippen LogP contribution < -0.4 is 16.9 Å². The minimum Gasteiger partial charge on any atom is -0.399 e. The Labute approximate surface area is 165 Å². The van der Waals surface area contributed by atoms with Gasteiger partial charge in [0.15, 0.2) is 0 Å². The van der Waals surface area contributed by atoms with Gasteiger partial charge in [0.2, 0.25) is 0 Å². The van der Waals surface area contributed by atoms with E-state index in [-0.39, 0.29) is 18.3 Å². The highest BCUT2D eigenvalue weighted by molar-refractivity contribution is 9.10. The number of hydrogen-bond acceptors (Lipinski definition) is 4. The predicted octanol–water partition coefficient (Wildman–Crippen LogP) is 4.22. The molecule has 140 valence electrons. The van der Waals surface area contributed by atoms with Gasteiger partial charge in [-0.1, -0.05) is 34.1 Å². The summed E-state index contributed by atoms with van der Waals surface area (Å²) in [6.45, 7) is 12.2. The molecule has 1 saturated heterocycles. The molecule has 0 atom stereocenters. The van der Waals surface area contributed by atoms with Crippen LogP contribution in [0.15, 0.2) is 40.9 Å². The molecule has 1 fully saturated rings. The largest absolute Gasteiger partial charge is 0.495 e. The van der Waals surface area contributed by atoms with Crippen LogP contribution in [0.1, 0.15) is 38.8 Å². The monoisotopic (exact) mass is 418 g/mol. The van der Waals surface area contributed by atoms with Crippen LogP contribution in [0, 0.1) is 13.8 Å². The number of hydrogen-bond donors (Lipinski definition) is 2. The standard InChI is InChI=1S/C13H20BNO2.C7H8BrN/c1-9-10(7-6-8-11(9)15)14-16-12(2,3)13(4,5)17-14;1-5-6(8)3-2-4-7(5)9/h6-8H,15H2,1-5H3;2-4H,9H2,1H3. The molecular weight excluding hydrogens is 391 g/mol. The van der Waals surface area contributed by atoms with Gasteiger partial charge in [0.1, 0.15) is 0 Å². The van der Waals surface area contributed by atoms with Crippen LogP contribution >= 0.6 is 15.9 Å². The maximum absolute atomic E-state index is 6.01. The molecule has 2 aromatic carbocycles. The fraction of sp³-hybridized carbons (Fsp3) is 0.400. The molecule has 0 radical (unpaired) electrons. The molecule has 0 saturated carbocycles. The molecular formula is C20H28BBrN2O2. The van der Waals surface area contributed by atoms with Crippen molar-refractivity contribution in [1.29, 1.82) is 0 Å². The molecule has 0 aliphatic carbocycles. The SMILES string of the molecule is Cc1c(N)cccc1B1OC(C)(C)C(C)(C)O1.Cc1c(N)cccc1Br. The Balaban J connectivity index is 0.000000228. The van der Waals surface area contributed by atoms with Crippen LogP contribution in [-0.2, 0) is 9.31 Å². The fourth-order valence-electron chi connectivity index (χ4n) is 2.52. The second-order valence-corrected chi connectivity index (χ2v) is 8.46. The molecule has 1 heterocycles. The van der Waals surface area contributed by atoms with E-state index in [4.69, 9.17) is 20.8 Å². The van der Waals surface area contributed by atoms with Crippen LogP contribution in [0.4, 0.5) is 11.4 Å². The van der Waals surface area contributed by atoms with Gasteiger partial charge in [-0.3, -0.25) is 0 Å². The smallest absolute Gasteiger partial charge is 0.399 e. The molecule has 0 aromatic heterocycles. The number of nitrogens with two attached hydrogens (primary N) is 2. The Morgan fingerprint density at radius 1 is 0.808 bits per heavy atom. The van der Waals surface area contributed by atoms with Gasteiger partial charge in [-0.25, -0.2) is 0 Å². The highest BCUT2D eigenvalue weighted by atomic mass is 79.9. The molecule has 1 aliphatic heterocycles. The zero-order chi connectivity index (χ0) is 19.7. The number of anilines is 2. The van der Waals surface area contributed by atoms with E-state index in [0.717, 1.165) is 32.4 Å². The first-order chi connectivity index (χ1) is 12.0. The topological polar surface area (TPSA) is 70.5 Å². The Hall–Kier alpha value is -1.50. The molecule has 2 aromatic rings. The van der Waals surface area contributed by atoms with Crippen molar-refractivity contribution in [2.45, 2.75) is 52.7 Å². The highest BCUT2D eigenvalue weighted by Crippen LogP contribution is 2.36. The first kappa shape index (κ1) is 20.8. The third-order valence-electron chi connectivity index (χ3n) is 5.23. The van der Waals surface area contributed by atoms with Crippen LogP contribution in [0.5, 0.6) is 0 Å². The first-order valence-corrected chi connectivity index (χ1v) is 9.47. The van der Waals surface area contributed by atoms with Crippen molar-refractivity contribution in [3.8, 4) is 0 Å². The molecule has 0 bridgehead atoms. The van der Waals surface area contributed by atoms with Crippen LogP contribution in [0.2, 0.25) is 0 Å². The number of halogens is 1. The average Bonchev–Trinajstić information content (AvgIpc) is 2.76. The van der Waals surface area contributed by atoms with E-state index >= 15 is 0 Å². The van der Waals surface area contributed by atoms with Gasteiger partial charge in [0.25, 0.3) is 0 Å². The second-order valence-electron chi connectivity index (χ2n) is 7.60. The van der Waals surface area contributed by atoms with Gasteiger partial charge in [0.05, 0.1) is 11.2 Å². The van der Waals surface area contributed by atoms with Crippen molar-refractivity contribution < 1.29 is 9.31 Å². The minimum absolute atomic E-state index is 0.311. The summed E-state index contributed by atoms with van der Waals surface area (Å²) >= 11 is 3.37. The van der Waals surface area contributed by atoms with Gasteiger partial charge in [-0.2, -0.15) is 0 Å². The molecule has 26 heavy (non-hydrogen) atoms. The molecule has 4 nitrogen and oxygen atoms in total. The zero-order valence-electron chi connectivity index (χ0n) is 16.4. The van der Waals surface area contributed by atoms with Crippen molar-refractivity contribution in [1.82, 2.24) is 0 Å². The Morgan fingerprint density at radius 2 is 1.27 bits per heavy atom. The van der Waals surface area contributed by atoms with Crippen LogP contribution in [0.25, 0.3) is 0 Å². The maximum Gasteiger partial charge on any atom is 0.495 e. The number of rotatable bonds is 1. The second kappa shape index (κ2) is 7.63. The van der Waals surface area contributed by atoms with Gasteiger partial charge >= 0.3 is 7.12 Å². The molecule has 6 heteroatoms. The molecule has 0 spiro atoms. The third-order valence-corrected chi connectivity index (χ3v) is 6.09. The normalized spacial score (nSPS) is 17.6. The fourth-order valence-corrected chi connectivity index (χ4v) is 2.90. The summed E-state index contributed by atoms with van der Waals surface area (Å²) in [5, 5.41) is 0. The van der Waals surface area contributed by atoms with E-state index in [9.17, 15) is 0 Å². The van der Waals surface area contributed by atoms with Crippen molar-refractivity contribution in [3.63, 3.8) is 0 Å². The maximum atomic E-state index is 6.01. The Bertz CT molecular complexity index is 757. The van der Waals surface area contributed by atoms with Crippen LogP contribution in [0.3, 0.4) is 0 Å². The Kier molecular flexibility index (Phi) is 6.11. The molecule has 4 N–H and O–H groups in total. The van der Waals surface area contributed by atoms with E-state index in [0.29, 0.717) is 0 Å². The lowest BCUT2D eigenvalue weighted by Gasteiger charge is -2.32. The van der Waals surface area contributed by atoms with E-state index in [1.54, 1.807) is 0 Å². The minimum atomic E-state index is -0.330. The highest BCUT2D eigenvalue weighted by Gasteiger charge is 2.52. The molecule has 3 rings (SSSR count). The summed E-state index contributed by atoms with van der Waals surface area (Å²) in [5.74, 6) is 0. The van der Waals surface area contributed by atoms with Gasteiger partial charge < -0.3 is 20.8 Å². The summed E-state index contributed by atoms with van der Waals surface area (Å²) in [6.07, 6.45) is 0. The van der Waals surface area contributed by atoms with E-state index in [1.807, 2.05) is 50.2 Å². The van der Waals surface area contributed by atoms with E-state index in [1.165, 1.54) is 0 Å². The number of benzene rings is 2. The summed E-state index contributed by atoms with van der Waals surface area (Å²) in [4.78, 5) is 0. The zero-order valence-corrected chi connectivity index (χ0v) is 18.0. The summed E-state index contributed by atoms with van der Waals surface area (Å²) < 4.78 is 13.1. The first-order valence-electron chi connectivity index (χ1n) is 8.67. The molecule has 0 unspecified atom stereocenters. The Morgan fingerprint density at radius 3 is 1.73 bits per heavy atom. The third kappa shape index (κ3) is 4.25. The summed E-state index contributed by atoms with van der Waals surface area (Å²) in [7, 11) is -0.330. The van der Waals surface area contributed by atoms with Gasteiger partial charge in [-0.05, 0) is 76.3 Å². The predicted molar refractivity (Wildman–Crippen MR) is 115 cm³/mol. The van der Waals surface area contributed by atoms with Crippen molar-refractivity contribution in [3.05, 3.63) is 52.0 Å². The quantitative estimate of drug-likeness (QED) is 0.537.